The zero-order valence-electron chi connectivity index (χ0n) is 11.4. The lowest BCUT2D eigenvalue weighted by molar-refractivity contribution is -0.118. The van der Waals surface area contributed by atoms with Crippen molar-refractivity contribution in [3.05, 3.63) is 33.6 Å². The van der Waals surface area contributed by atoms with Crippen molar-refractivity contribution in [2.75, 3.05) is 5.32 Å². The Balaban J connectivity index is 0.00000161. The van der Waals surface area contributed by atoms with Crippen molar-refractivity contribution in [3.63, 3.8) is 0 Å². The fourth-order valence-corrected chi connectivity index (χ4v) is 3.00. The zero-order valence-corrected chi connectivity index (χ0v) is 14.6. The van der Waals surface area contributed by atoms with Gasteiger partial charge in [-0.2, -0.15) is 0 Å². The number of rotatable bonds is 3. The fourth-order valence-electron chi connectivity index (χ4n) is 1.91. The van der Waals surface area contributed by atoms with Gasteiger partial charge in [0, 0.05) is 14.9 Å². The molecule has 0 radical (unpaired) electrons. The van der Waals surface area contributed by atoms with E-state index in [1.807, 2.05) is 31.2 Å². The first kappa shape index (κ1) is 16.4. The van der Waals surface area contributed by atoms with Crippen LogP contribution in [0.15, 0.2) is 28.7 Å². The first-order valence-corrected chi connectivity index (χ1v) is 7.93. The van der Waals surface area contributed by atoms with E-state index in [0.717, 1.165) is 33.4 Å². The highest BCUT2D eigenvalue weighted by molar-refractivity contribution is 9.10. The second-order valence-corrected chi connectivity index (χ2v) is 7.16. The molecule has 0 bridgehead atoms. The van der Waals surface area contributed by atoms with Gasteiger partial charge in [0.05, 0.1) is 11.2 Å². The number of nitrogens with two attached hydrogens (primary N) is 1. The van der Waals surface area contributed by atoms with Gasteiger partial charge >= 0.3 is 0 Å². The number of aromatic nitrogens is 1. The molecule has 1 amide bonds. The number of aryl methyl sites for hydroxylation is 1. The van der Waals surface area contributed by atoms with Crippen LogP contribution in [0.2, 0.25) is 0 Å². The lowest BCUT2D eigenvalue weighted by Crippen LogP contribution is -2.37. The molecule has 112 valence electrons. The molecule has 7 heteroatoms. The fraction of sp³-hybridized carbons (Fsp3) is 0.286. The monoisotopic (exact) mass is 387 g/mol. The Morgan fingerprint density at radius 2 is 2.00 bits per heavy atom. The number of anilines is 1. The van der Waals surface area contributed by atoms with Gasteiger partial charge in [0.15, 0.2) is 5.13 Å². The van der Waals surface area contributed by atoms with E-state index >= 15 is 0 Å². The summed E-state index contributed by atoms with van der Waals surface area (Å²) in [5.74, 6) is -0.131. The lowest BCUT2D eigenvalue weighted by Gasteiger charge is -2.06. The lowest BCUT2D eigenvalue weighted by atomic mass is 10.1. The summed E-state index contributed by atoms with van der Waals surface area (Å²) in [4.78, 5) is 17.5. The normalized spacial score (nSPS) is 15.2. The van der Waals surface area contributed by atoms with E-state index < -0.39 is 5.54 Å². The predicted octanol–water partition coefficient (Wildman–Crippen LogP) is 3.73. The highest BCUT2D eigenvalue weighted by atomic mass is 79.9. The Labute approximate surface area is 141 Å². The van der Waals surface area contributed by atoms with Crippen molar-refractivity contribution < 1.29 is 4.79 Å². The van der Waals surface area contributed by atoms with Gasteiger partial charge in [0.25, 0.3) is 0 Å². The Morgan fingerprint density at radius 3 is 2.57 bits per heavy atom. The first-order chi connectivity index (χ1) is 9.48. The summed E-state index contributed by atoms with van der Waals surface area (Å²) < 4.78 is 1.03. The molecule has 21 heavy (non-hydrogen) atoms. The molecule has 1 aromatic carbocycles. The van der Waals surface area contributed by atoms with Gasteiger partial charge in [0.2, 0.25) is 5.91 Å². The Morgan fingerprint density at radius 1 is 1.38 bits per heavy atom. The number of amides is 1. The summed E-state index contributed by atoms with van der Waals surface area (Å²) >= 11 is 4.89. The second-order valence-electron chi connectivity index (χ2n) is 5.04. The maximum atomic E-state index is 11.9. The molecule has 1 fully saturated rings. The number of hydrogen-bond donors (Lipinski definition) is 2. The largest absolute Gasteiger partial charge is 0.317 e. The molecule has 0 atom stereocenters. The SMILES string of the molecule is Cc1sc(NC(=O)C2(N)CC2)nc1-c1ccc(Br)cc1.Cl. The van der Waals surface area contributed by atoms with Crippen LogP contribution in [0.3, 0.4) is 0 Å². The van der Waals surface area contributed by atoms with Crippen LogP contribution >= 0.6 is 39.7 Å². The summed E-state index contributed by atoms with van der Waals surface area (Å²) in [7, 11) is 0. The quantitative estimate of drug-likeness (QED) is 0.842. The zero-order chi connectivity index (χ0) is 14.3. The number of halogens is 2. The molecule has 1 aromatic heterocycles. The molecule has 2 aromatic rings. The number of carbonyl (C=O) groups excluding carboxylic acids is 1. The highest BCUT2D eigenvalue weighted by Crippen LogP contribution is 2.35. The van der Waals surface area contributed by atoms with Crippen LogP contribution in [-0.2, 0) is 4.79 Å². The minimum Gasteiger partial charge on any atom is -0.317 e. The Kier molecular flexibility index (Phi) is 4.72. The molecule has 0 aliphatic heterocycles. The number of benzene rings is 1. The Bertz CT molecular complexity index is 667. The molecule has 1 saturated carbocycles. The third kappa shape index (κ3) is 3.45. The van der Waals surface area contributed by atoms with Gasteiger partial charge in [-0.3, -0.25) is 4.79 Å². The summed E-state index contributed by atoms with van der Waals surface area (Å²) in [6, 6.07) is 7.96. The second kappa shape index (κ2) is 6.04. The van der Waals surface area contributed by atoms with Crippen molar-refractivity contribution in [1.29, 1.82) is 0 Å². The van der Waals surface area contributed by atoms with E-state index in [0.29, 0.717) is 5.13 Å². The van der Waals surface area contributed by atoms with Gasteiger partial charge in [0.1, 0.15) is 0 Å². The van der Waals surface area contributed by atoms with Crippen molar-refractivity contribution in [2.24, 2.45) is 5.73 Å². The van der Waals surface area contributed by atoms with E-state index in [1.165, 1.54) is 11.3 Å². The maximum Gasteiger partial charge on any atom is 0.246 e. The third-order valence-electron chi connectivity index (χ3n) is 3.38. The Hall–Kier alpha value is -0.950. The molecule has 1 aliphatic carbocycles. The molecule has 3 rings (SSSR count). The summed E-state index contributed by atoms with van der Waals surface area (Å²) in [6.45, 7) is 2.00. The van der Waals surface area contributed by atoms with Crippen LogP contribution in [0.1, 0.15) is 17.7 Å². The average molecular weight is 389 g/mol. The molecule has 0 unspecified atom stereocenters. The van der Waals surface area contributed by atoms with Gasteiger partial charge < -0.3 is 11.1 Å². The van der Waals surface area contributed by atoms with Crippen molar-refractivity contribution >= 4 is 50.7 Å². The number of thiazole rings is 1. The molecule has 0 spiro atoms. The topological polar surface area (TPSA) is 68.0 Å². The molecular formula is C14H15BrClN3OS. The van der Waals surface area contributed by atoms with Crippen molar-refractivity contribution in [2.45, 2.75) is 25.3 Å². The van der Waals surface area contributed by atoms with Crippen LogP contribution in [0.5, 0.6) is 0 Å². The standard InChI is InChI=1S/C14H14BrN3OS.ClH/c1-8-11(9-2-4-10(15)5-3-9)17-13(20-8)18-12(19)14(16)6-7-14;/h2-5H,6-7,16H2,1H3,(H,17,18,19);1H. The molecule has 1 aliphatic rings. The summed E-state index contributed by atoms with van der Waals surface area (Å²) in [6.07, 6.45) is 1.51. The van der Waals surface area contributed by atoms with E-state index in [9.17, 15) is 4.79 Å². The first-order valence-electron chi connectivity index (χ1n) is 6.32. The maximum absolute atomic E-state index is 11.9. The van der Waals surface area contributed by atoms with Crippen LogP contribution in [0.25, 0.3) is 11.3 Å². The van der Waals surface area contributed by atoms with Crippen molar-refractivity contribution in [3.8, 4) is 11.3 Å². The average Bonchev–Trinajstić information content (AvgIpc) is 3.06. The number of hydrogen-bond acceptors (Lipinski definition) is 4. The third-order valence-corrected chi connectivity index (χ3v) is 4.79. The molecular weight excluding hydrogens is 374 g/mol. The van der Waals surface area contributed by atoms with E-state index in [4.69, 9.17) is 5.73 Å². The summed E-state index contributed by atoms with van der Waals surface area (Å²) in [5, 5.41) is 3.43. The van der Waals surface area contributed by atoms with E-state index in [2.05, 4.69) is 26.2 Å². The van der Waals surface area contributed by atoms with Crippen LogP contribution < -0.4 is 11.1 Å². The van der Waals surface area contributed by atoms with Crippen LogP contribution in [0, 0.1) is 6.92 Å². The molecule has 0 saturated heterocycles. The smallest absolute Gasteiger partial charge is 0.246 e. The van der Waals surface area contributed by atoms with Crippen LogP contribution in [-0.4, -0.2) is 16.4 Å². The number of nitrogens with zero attached hydrogens (tertiary/aromatic N) is 1. The molecule has 1 heterocycles. The molecule has 4 nitrogen and oxygen atoms in total. The number of carbonyl (C=O) groups is 1. The minimum absolute atomic E-state index is 0. The summed E-state index contributed by atoms with van der Waals surface area (Å²) in [5.41, 5.74) is 7.14. The van der Waals surface area contributed by atoms with E-state index in [-0.39, 0.29) is 18.3 Å². The number of nitrogens with one attached hydrogen (secondary N) is 1. The van der Waals surface area contributed by atoms with Crippen LogP contribution in [0.4, 0.5) is 5.13 Å². The van der Waals surface area contributed by atoms with Gasteiger partial charge in [-0.1, -0.05) is 28.1 Å². The predicted molar refractivity (Wildman–Crippen MR) is 92.0 cm³/mol. The van der Waals surface area contributed by atoms with E-state index in [1.54, 1.807) is 0 Å². The molecule has 3 N–H and O–H groups in total. The van der Waals surface area contributed by atoms with Crippen molar-refractivity contribution in [1.82, 2.24) is 4.98 Å². The van der Waals surface area contributed by atoms with Gasteiger partial charge in [-0.25, -0.2) is 4.98 Å². The highest BCUT2D eigenvalue weighted by Gasteiger charge is 2.46. The minimum atomic E-state index is -0.669. The van der Waals surface area contributed by atoms with Gasteiger partial charge in [-0.05, 0) is 31.9 Å². The van der Waals surface area contributed by atoms with Gasteiger partial charge in [-0.15, -0.1) is 23.7 Å².